The minimum absolute atomic E-state index is 0.106. The van der Waals surface area contributed by atoms with Crippen molar-refractivity contribution in [3.8, 4) is 0 Å². The van der Waals surface area contributed by atoms with Gasteiger partial charge in [-0.15, -0.1) is 0 Å². The Morgan fingerprint density at radius 3 is 3.00 bits per heavy atom. The summed E-state index contributed by atoms with van der Waals surface area (Å²) in [5.74, 6) is -1.34. The first kappa shape index (κ1) is 7.02. The summed E-state index contributed by atoms with van der Waals surface area (Å²) in [5, 5.41) is 0. The van der Waals surface area contributed by atoms with Crippen LogP contribution < -0.4 is 5.73 Å². The van der Waals surface area contributed by atoms with E-state index in [1.807, 2.05) is 22.6 Å². The van der Waals surface area contributed by atoms with Crippen LogP contribution in [0.5, 0.6) is 0 Å². The van der Waals surface area contributed by atoms with Gasteiger partial charge in [-0.2, -0.15) is 0 Å². The van der Waals surface area contributed by atoms with Gasteiger partial charge < -0.3 is 5.73 Å². The Bertz CT molecular complexity index is 318. The molecule has 1 amide bonds. The van der Waals surface area contributed by atoms with E-state index in [2.05, 4.69) is 0 Å². The Labute approximate surface area is 78.2 Å². The summed E-state index contributed by atoms with van der Waals surface area (Å²) in [4.78, 5) is 10.8. The van der Waals surface area contributed by atoms with Gasteiger partial charge in [-0.25, -0.2) is 4.39 Å². The molecule has 2 nitrogen and oxygen atoms in total. The monoisotopic (exact) mass is 266 g/mol. The molecule has 1 aromatic carbocycles. The minimum atomic E-state index is -0.732. The number of hydrogen-bond donors (Lipinski definition) is 1. The molecule has 0 heterocycles. The molecule has 0 aromatic heterocycles. The molecule has 0 saturated carbocycles. The number of halogens is 2. The van der Waals surface area contributed by atoms with E-state index in [4.69, 9.17) is 1.41 Å². The Morgan fingerprint density at radius 1 is 1.73 bits per heavy atom. The Hall–Kier alpha value is -0.650. The van der Waals surface area contributed by atoms with Crippen molar-refractivity contribution in [2.45, 2.75) is 0 Å². The normalized spacial score (nSPS) is 10.5. The van der Waals surface area contributed by atoms with Gasteiger partial charge in [-0.05, 0) is 40.8 Å². The second-order valence-corrected chi connectivity index (χ2v) is 3.20. The van der Waals surface area contributed by atoms with Gasteiger partial charge in [-0.3, -0.25) is 4.79 Å². The van der Waals surface area contributed by atoms with Gasteiger partial charge in [-0.1, -0.05) is 0 Å². The van der Waals surface area contributed by atoms with E-state index in [-0.39, 0.29) is 5.56 Å². The molecule has 0 aliphatic carbocycles. The first-order chi connectivity index (χ1) is 5.65. The Kier molecular flexibility index (Phi) is 2.02. The summed E-state index contributed by atoms with van der Waals surface area (Å²) in [5.41, 5.74) is 1.50. The molecule has 0 radical (unpaired) electrons. The van der Waals surface area contributed by atoms with Crippen molar-refractivity contribution in [2.24, 2.45) is 5.73 Å². The molecule has 0 fully saturated rings. The van der Waals surface area contributed by atoms with Crippen LogP contribution in [0.25, 0.3) is 0 Å². The third kappa shape index (κ3) is 1.89. The van der Waals surface area contributed by atoms with E-state index >= 15 is 0 Å². The molecular formula is C7H5FINO. The van der Waals surface area contributed by atoms with Crippen LogP contribution >= 0.6 is 22.6 Å². The van der Waals surface area contributed by atoms with Crippen molar-refractivity contribution in [2.75, 3.05) is 0 Å². The van der Waals surface area contributed by atoms with Gasteiger partial charge in [0, 0.05) is 3.57 Å². The molecule has 0 atom stereocenters. The Balaban J connectivity index is 3.09. The fraction of sp³-hybridized carbons (Fsp3) is 0. The molecule has 11 heavy (non-hydrogen) atoms. The number of benzene rings is 1. The highest BCUT2D eigenvalue weighted by atomic mass is 127. The number of amides is 1. The zero-order valence-corrected chi connectivity index (χ0v) is 7.55. The van der Waals surface area contributed by atoms with Crippen molar-refractivity contribution in [3.63, 3.8) is 0 Å². The van der Waals surface area contributed by atoms with Crippen LogP contribution in [0.3, 0.4) is 0 Å². The smallest absolute Gasteiger partial charge is 0.251 e. The number of carbonyl (C=O) groups excluding carboxylic acids is 1. The molecule has 1 aromatic rings. The number of primary amides is 1. The first-order valence-electron chi connectivity index (χ1n) is 3.32. The van der Waals surface area contributed by atoms with Gasteiger partial charge in [0.05, 0.1) is 5.56 Å². The highest BCUT2D eigenvalue weighted by Gasteiger charge is 2.06. The zero-order valence-electron chi connectivity index (χ0n) is 6.40. The summed E-state index contributed by atoms with van der Waals surface area (Å²) < 4.78 is 20.2. The van der Waals surface area contributed by atoms with Crippen LogP contribution in [0, 0.1) is 9.39 Å². The summed E-state index contributed by atoms with van der Waals surface area (Å²) in [6, 6.07) is 4.19. The van der Waals surface area contributed by atoms with Crippen molar-refractivity contribution in [1.82, 2.24) is 0 Å². The largest absolute Gasteiger partial charge is 0.366 e. The average molecular weight is 266 g/mol. The molecular weight excluding hydrogens is 260 g/mol. The van der Waals surface area contributed by atoms with Gasteiger partial charge >= 0.3 is 0 Å². The average Bonchev–Trinajstić information content (AvgIpc) is 2.03. The molecule has 1 rings (SSSR count). The lowest BCUT2D eigenvalue weighted by molar-refractivity contribution is 0.0996. The molecule has 2 N–H and O–H groups in total. The predicted octanol–water partition coefficient (Wildman–Crippen LogP) is 1.53. The van der Waals surface area contributed by atoms with E-state index < -0.39 is 11.7 Å². The van der Waals surface area contributed by atoms with E-state index in [1.54, 1.807) is 11.8 Å². The van der Waals surface area contributed by atoms with E-state index in [1.165, 1.54) is 12.1 Å². The van der Waals surface area contributed by atoms with Gasteiger partial charge in [0.15, 0.2) is 1.41 Å². The van der Waals surface area contributed by atoms with Gasteiger partial charge in [0.1, 0.15) is 5.82 Å². The molecule has 4 heteroatoms. The SMILES string of the molecule is [2H]NC(=O)c1ccc(I)cc1F. The maximum atomic E-state index is 12.9. The van der Waals surface area contributed by atoms with Crippen molar-refractivity contribution in [1.29, 1.82) is 0 Å². The van der Waals surface area contributed by atoms with Crippen molar-refractivity contribution < 1.29 is 10.6 Å². The molecule has 0 saturated heterocycles. The van der Waals surface area contributed by atoms with Crippen LogP contribution in [-0.2, 0) is 0 Å². The summed E-state index contributed by atoms with van der Waals surface area (Å²) in [7, 11) is 0. The highest BCUT2D eigenvalue weighted by molar-refractivity contribution is 14.1. The second kappa shape index (κ2) is 3.17. The van der Waals surface area contributed by atoms with Crippen molar-refractivity contribution >= 4 is 28.5 Å². The van der Waals surface area contributed by atoms with Gasteiger partial charge in [0.2, 0.25) is 0 Å². The molecule has 0 spiro atoms. The van der Waals surface area contributed by atoms with Crippen LogP contribution in [0.2, 0.25) is 1.41 Å². The number of rotatable bonds is 1. The Morgan fingerprint density at radius 2 is 2.45 bits per heavy atom. The van der Waals surface area contributed by atoms with Crippen LogP contribution in [0.4, 0.5) is 4.39 Å². The molecule has 58 valence electrons. The lowest BCUT2D eigenvalue weighted by Crippen LogP contribution is -2.12. The molecule has 0 aliphatic heterocycles. The van der Waals surface area contributed by atoms with Crippen LogP contribution in [0.1, 0.15) is 10.4 Å². The molecule has 0 aliphatic rings. The predicted molar refractivity (Wildman–Crippen MR) is 47.6 cm³/mol. The fourth-order valence-electron chi connectivity index (χ4n) is 0.674. The quantitative estimate of drug-likeness (QED) is 0.769. The summed E-state index contributed by atoms with van der Waals surface area (Å²) in [6.45, 7) is 0. The maximum absolute atomic E-state index is 12.9. The summed E-state index contributed by atoms with van der Waals surface area (Å²) in [6.07, 6.45) is 0. The van der Waals surface area contributed by atoms with Gasteiger partial charge in [0.25, 0.3) is 5.91 Å². The third-order valence-electron chi connectivity index (χ3n) is 1.18. The van der Waals surface area contributed by atoms with E-state index in [0.29, 0.717) is 3.57 Å². The fourth-order valence-corrected chi connectivity index (χ4v) is 1.13. The topological polar surface area (TPSA) is 43.1 Å². The highest BCUT2D eigenvalue weighted by Crippen LogP contribution is 2.11. The number of hydrogen-bond acceptors (Lipinski definition) is 1. The molecule has 0 unspecified atom stereocenters. The van der Waals surface area contributed by atoms with Crippen LogP contribution in [-0.4, -0.2) is 5.91 Å². The minimum Gasteiger partial charge on any atom is -0.366 e. The van der Waals surface area contributed by atoms with Crippen LogP contribution in [0.15, 0.2) is 18.2 Å². The van der Waals surface area contributed by atoms with Crippen molar-refractivity contribution in [3.05, 3.63) is 33.1 Å². The maximum Gasteiger partial charge on any atom is 0.251 e. The van der Waals surface area contributed by atoms with E-state index in [0.717, 1.165) is 0 Å². The lowest BCUT2D eigenvalue weighted by Gasteiger charge is -1.96. The first-order valence-corrected chi connectivity index (χ1v) is 3.90. The second-order valence-electron chi connectivity index (χ2n) is 1.95. The summed E-state index contributed by atoms with van der Waals surface area (Å²) >= 11 is 1.94. The number of carbonyl (C=O) groups is 1. The third-order valence-corrected chi connectivity index (χ3v) is 1.85. The zero-order chi connectivity index (χ0) is 9.14. The molecule has 0 bridgehead atoms. The standard InChI is InChI=1S/C7H5FINO/c8-6-3-4(9)1-2-5(6)7(10)11/h1-3H,(H2,10,11)/i/hD. The number of nitrogens with two attached hydrogens (primary N) is 1. The lowest BCUT2D eigenvalue weighted by atomic mass is 10.2. The van der Waals surface area contributed by atoms with E-state index in [9.17, 15) is 9.18 Å².